The Balaban J connectivity index is 1.80. The topological polar surface area (TPSA) is 65.7 Å². The van der Waals surface area contributed by atoms with Crippen molar-refractivity contribution in [3.05, 3.63) is 22.2 Å². The van der Waals surface area contributed by atoms with Crippen LogP contribution in [0.2, 0.25) is 0 Å². The number of anilines is 1. The number of aromatic hydroxyl groups is 1. The normalized spacial score (nSPS) is 21.1. The second kappa shape index (κ2) is 5.24. The fourth-order valence-corrected chi connectivity index (χ4v) is 3.34. The van der Waals surface area contributed by atoms with Gasteiger partial charge in [0, 0.05) is 30.4 Å². The van der Waals surface area contributed by atoms with Gasteiger partial charge in [-0.15, -0.1) is 0 Å². The van der Waals surface area contributed by atoms with E-state index >= 15 is 0 Å². The van der Waals surface area contributed by atoms with Gasteiger partial charge in [0.15, 0.2) is 5.79 Å². The molecule has 1 spiro atoms. The van der Waals surface area contributed by atoms with E-state index in [1.165, 1.54) is 0 Å². The molecule has 0 amide bonds. The first-order chi connectivity index (χ1) is 9.63. The highest BCUT2D eigenvalue weighted by atomic mass is 79.9. The Labute approximate surface area is 125 Å². The molecular weight excluding hydrogens is 324 g/mol. The van der Waals surface area contributed by atoms with Gasteiger partial charge in [0.2, 0.25) is 0 Å². The molecule has 0 aliphatic carbocycles. The summed E-state index contributed by atoms with van der Waals surface area (Å²) in [4.78, 5) is 2.18. The first-order valence-electron chi connectivity index (χ1n) is 6.59. The quantitative estimate of drug-likeness (QED) is 0.851. The number of halogens is 1. The summed E-state index contributed by atoms with van der Waals surface area (Å²) in [6, 6.07) is 5.29. The van der Waals surface area contributed by atoms with Crippen LogP contribution in [0, 0.1) is 11.3 Å². The number of rotatable bonds is 1. The first kappa shape index (κ1) is 13.7. The van der Waals surface area contributed by atoms with Gasteiger partial charge in [0.25, 0.3) is 0 Å². The summed E-state index contributed by atoms with van der Waals surface area (Å²) in [5.74, 6) is -0.406. The van der Waals surface area contributed by atoms with Crippen molar-refractivity contribution in [1.82, 2.24) is 0 Å². The molecule has 20 heavy (non-hydrogen) atoms. The summed E-state index contributed by atoms with van der Waals surface area (Å²) in [7, 11) is 0. The third-order valence-electron chi connectivity index (χ3n) is 3.87. The van der Waals surface area contributed by atoms with E-state index in [2.05, 4.69) is 20.8 Å². The van der Waals surface area contributed by atoms with Crippen LogP contribution in [0.5, 0.6) is 5.75 Å². The second-order valence-electron chi connectivity index (χ2n) is 5.03. The predicted octanol–water partition coefficient (Wildman–Crippen LogP) is 2.37. The van der Waals surface area contributed by atoms with E-state index in [4.69, 9.17) is 14.7 Å². The van der Waals surface area contributed by atoms with E-state index in [9.17, 15) is 5.11 Å². The number of hydrogen-bond acceptors (Lipinski definition) is 5. The van der Waals surface area contributed by atoms with Crippen LogP contribution in [0.25, 0.3) is 0 Å². The summed E-state index contributed by atoms with van der Waals surface area (Å²) < 4.78 is 12.2. The Morgan fingerprint density at radius 1 is 1.25 bits per heavy atom. The number of hydrogen-bond donors (Lipinski definition) is 1. The molecule has 0 bridgehead atoms. The molecule has 0 saturated carbocycles. The lowest BCUT2D eigenvalue weighted by Crippen LogP contribution is -2.45. The number of nitriles is 1. The fourth-order valence-electron chi connectivity index (χ4n) is 2.76. The molecule has 0 radical (unpaired) electrons. The Morgan fingerprint density at radius 2 is 1.90 bits per heavy atom. The minimum Gasteiger partial charge on any atom is -0.507 e. The number of benzene rings is 1. The third kappa shape index (κ3) is 2.37. The zero-order valence-electron chi connectivity index (χ0n) is 10.9. The largest absolute Gasteiger partial charge is 0.507 e. The minimum atomic E-state index is -0.405. The summed E-state index contributed by atoms with van der Waals surface area (Å²) in [5.41, 5.74) is 1.21. The third-order valence-corrected chi connectivity index (χ3v) is 4.50. The standard InChI is InChI=1S/C14H15BrN2O3/c15-11-8-13(18)10(9-16)7-12(11)17-3-1-14(2-4-17)19-5-6-20-14/h7-8,18H,1-6H2. The molecule has 0 unspecified atom stereocenters. The lowest BCUT2D eigenvalue weighted by atomic mass is 10.0. The lowest BCUT2D eigenvalue weighted by Gasteiger charge is -2.39. The molecule has 106 valence electrons. The first-order valence-corrected chi connectivity index (χ1v) is 7.38. The van der Waals surface area contributed by atoms with Crippen molar-refractivity contribution in [3.8, 4) is 11.8 Å². The maximum Gasteiger partial charge on any atom is 0.171 e. The van der Waals surface area contributed by atoms with Gasteiger partial charge >= 0.3 is 0 Å². The molecule has 1 aromatic carbocycles. The smallest absolute Gasteiger partial charge is 0.171 e. The number of phenols is 1. The van der Waals surface area contributed by atoms with Gasteiger partial charge in [-0.2, -0.15) is 5.26 Å². The van der Waals surface area contributed by atoms with Crippen molar-refractivity contribution in [2.45, 2.75) is 18.6 Å². The van der Waals surface area contributed by atoms with Crippen molar-refractivity contribution in [2.24, 2.45) is 0 Å². The molecule has 6 heteroatoms. The highest BCUT2D eigenvalue weighted by Gasteiger charge is 2.40. The Morgan fingerprint density at radius 3 is 2.50 bits per heavy atom. The van der Waals surface area contributed by atoms with Gasteiger partial charge < -0.3 is 19.5 Å². The molecule has 1 aromatic rings. The lowest BCUT2D eigenvalue weighted by molar-refractivity contribution is -0.169. The Kier molecular flexibility index (Phi) is 3.59. The summed E-state index contributed by atoms with van der Waals surface area (Å²) in [6.45, 7) is 2.94. The maximum absolute atomic E-state index is 9.67. The fraction of sp³-hybridized carbons (Fsp3) is 0.500. The molecule has 5 nitrogen and oxygen atoms in total. The molecule has 2 aliphatic heterocycles. The Hall–Kier alpha value is -1.29. The monoisotopic (exact) mass is 338 g/mol. The number of ether oxygens (including phenoxy) is 2. The SMILES string of the molecule is N#Cc1cc(N2CCC3(CC2)OCCO3)c(Br)cc1O. The van der Waals surface area contributed by atoms with Crippen molar-refractivity contribution in [1.29, 1.82) is 5.26 Å². The summed E-state index contributed by atoms with van der Waals surface area (Å²) in [5, 5.41) is 18.7. The van der Waals surface area contributed by atoms with Gasteiger partial charge in [-0.05, 0) is 28.1 Å². The van der Waals surface area contributed by atoms with Crippen LogP contribution in [0.4, 0.5) is 5.69 Å². The number of piperidine rings is 1. The van der Waals surface area contributed by atoms with Gasteiger partial charge in [0.1, 0.15) is 11.8 Å². The van der Waals surface area contributed by atoms with Gasteiger partial charge in [-0.25, -0.2) is 0 Å². The minimum absolute atomic E-state index is 0.000866. The molecular formula is C14H15BrN2O3. The van der Waals surface area contributed by atoms with Crippen LogP contribution < -0.4 is 4.90 Å². The van der Waals surface area contributed by atoms with E-state index in [0.29, 0.717) is 13.2 Å². The number of phenolic OH excluding ortho intramolecular Hbond substituents is 1. The molecule has 1 N–H and O–H groups in total. The highest BCUT2D eigenvalue weighted by Crippen LogP contribution is 2.37. The van der Waals surface area contributed by atoms with E-state index < -0.39 is 5.79 Å². The molecule has 3 rings (SSSR count). The average Bonchev–Trinajstić information content (AvgIpc) is 2.89. The molecule has 2 saturated heterocycles. The maximum atomic E-state index is 9.67. The van der Waals surface area contributed by atoms with Crippen molar-refractivity contribution >= 4 is 21.6 Å². The van der Waals surface area contributed by atoms with Crippen molar-refractivity contribution in [3.63, 3.8) is 0 Å². The van der Waals surface area contributed by atoms with E-state index in [0.717, 1.165) is 36.1 Å². The molecule has 0 atom stereocenters. The molecule has 2 heterocycles. The van der Waals surface area contributed by atoms with E-state index in [-0.39, 0.29) is 11.3 Å². The molecule has 0 aromatic heterocycles. The highest BCUT2D eigenvalue weighted by molar-refractivity contribution is 9.10. The molecule has 2 aliphatic rings. The predicted molar refractivity (Wildman–Crippen MR) is 76.6 cm³/mol. The van der Waals surface area contributed by atoms with Crippen LogP contribution in [-0.4, -0.2) is 37.2 Å². The van der Waals surface area contributed by atoms with E-state index in [1.54, 1.807) is 12.1 Å². The van der Waals surface area contributed by atoms with Crippen LogP contribution in [0.15, 0.2) is 16.6 Å². The number of nitrogens with zero attached hydrogens (tertiary/aromatic N) is 2. The van der Waals surface area contributed by atoms with Crippen molar-refractivity contribution in [2.75, 3.05) is 31.2 Å². The summed E-state index contributed by atoms with van der Waals surface area (Å²) in [6.07, 6.45) is 1.62. The van der Waals surface area contributed by atoms with Crippen LogP contribution in [-0.2, 0) is 9.47 Å². The van der Waals surface area contributed by atoms with Gasteiger partial charge in [-0.3, -0.25) is 0 Å². The zero-order valence-corrected chi connectivity index (χ0v) is 12.5. The van der Waals surface area contributed by atoms with E-state index in [1.807, 2.05) is 6.07 Å². The van der Waals surface area contributed by atoms with Gasteiger partial charge in [0.05, 0.1) is 24.5 Å². The van der Waals surface area contributed by atoms with Gasteiger partial charge in [-0.1, -0.05) is 0 Å². The molecule has 2 fully saturated rings. The second-order valence-corrected chi connectivity index (χ2v) is 5.88. The van der Waals surface area contributed by atoms with Crippen LogP contribution >= 0.6 is 15.9 Å². The zero-order chi connectivity index (χ0) is 14.2. The van der Waals surface area contributed by atoms with Crippen LogP contribution in [0.3, 0.4) is 0 Å². The summed E-state index contributed by atoms with van der Waals surface area (Å²) >= 11 is 3.45. The average molecular weight is 339 g/mol. The van der Waals surface area contributed by atoms with Crippen LogP contribution in [0.1, 0.15) is 18.4 Å². The van der Waals surface area contributed by atoms with Crippen molar-refractivity contribution < 1.29 is 14.6 Å². The Bertz CT molecular complexity index is 554.